The Morgan fingerprint density at radius 1 is 0.897 bits per heavy atom. The molecule has 202 valence electrons. The number of Topliss-reactive ketones (excluding diaryl/α,β-unsaturated/α-hetero) is 1. The number of halogens is 6. The van der Waals surface area contributed by atoms with Crippen LogP contribution in [0.1, 0.15) is 37.9 Å². The first-order valence-electron chi connectivity index (χ1n) is 11.7. The molecule has 4 aromatic rings. The van der Waals surface area contributed by atoms with Crippen LogP contribution in [0.25, 0.3) is 10.8 Å². The SMILES string of the molecule is O=C(NC(Cc1cccc(C(=O)C(F)(F)C(F)F)c1)C(O)c1ccc(F)cc1)c1cccc2c(Cl)cccc12. The molecule has 0 heterocycles. The number of amides is 1. The third-order valence-corrected chi connectivity index (χ3v) is 6.57. The summed E-state index contributed by atoms with van der Waals surface area (Å²) in [4.78, 5) is 25.4. The van der Waals surface area contributed by atoms with Gasteiger partial charge in [-0.25, -0.2) is 13.2 Å². The molecule has 0 spiro atoms. The third kappa shape index (κ3) is 6.10. The minimum absolute atomic E-state index is 0.183. The average Bonchev–Trinajstić information content (AvgIpc) is 2.92. The Balaban J connectivity index is 1.68. The van der Waals surface area contributed by atoms with Gasteiger partial charge >= 0.3 is 12.3 Å². The average molecular weight is 562 g/mol. The smallest absolute Gasteiger partial charge is 0.368 e. The molecular formula is C29H21ClF5NO3. The van der Waals surface area contributed by atoms with Gasteiger partial charge in [0.05, 0.1) is 12.1 Å². The van der Waals surface area contributed by atoms with E-state index in [4.69, 9.17) is 11.6 Å². The Hall–Kier alpha value is -3.82. The molecule has 0 aliphatic rings. The van der Waals surface area contributed by atoms with E-state index in [2.05, 4.69) is 5.32 Å². The molecule has 0 fully saturated rings. The van der Waals surface area contributed by atoms with Gasteiger partial charge in [-0.3, -0.25) is 9.59 Å². The summed E-state index contributed by atoms with van der Waals surface area (Å²) in [5.74, 6) is -8.07. The maximum absolute atomic E-state index is 13.7. The van der Waals surface area contributed by atoms with E-state index in [1.807, 2.05) is 0 Å². The van der Waals surface area contributed by atoms with Crippen LogP contribution in [0.4, 0.5) is 22.0 Å². The van der Waals surface area contributed by atoms with Crippen molar-refractivity contribution in [1.82, 2.24) is 5.32 Å². The molecule has 4 rings (SSSR count). The molecule has 10 heteroatoms. The van der Waals surface area contributed by atoms with Crippen molar-refractivity contribution < 1.29 is 36.6 Å². The molecule has 2 atom stereocenters. The Morgan fingerprint density at radius 3 is 2.23 bits per heavy atom. The van der Waals surface area contributed by atoms with Crippen molar-refractivity contribution in [1.29, 1.82) is 0 Å². The zero-order valence-electron chi connectivity index (χ0n) is 20.1. The van der Waals surface area contributed by atoms with Crippen molar-refractivity contribution in [2.75, 3.05) is 0 Å². The second kappa shape index (κ2) is 11.5. The van der Waals surface area contributed by atoms with Crippen molar-refractivity contribution in [3.8, 4) is 0 Å². The molecule has 0 radical (unpaired) electrons. The molecule has 0 aliphatic carbocycles. The monoisotopic (exact) mass is 561 g/mol. The highest BCUT2D eigenvalue weighted by molar-refractivity contribution is 6.36. The minimum atomic E-state index is -4.88. The van der Waals surface area contributed by atoms with Crippen LogP contribution in [0.3, 0.4) is 0 Å². The maximum atomic E-state index is 13.7. The Morgan fingerprint density at radius 2 is 1.54 bits per heavy atom. The number of hydrogen-bond donors (Lipinski definition) is 2. The Kier molecular flexibility index (Phi) is 8.32. The van der Waals surface area contributed by atoms with Crippen molar-refractivity contribution in [2.24, 2.45) is 0 Å². The van der Waals surface area contributed by atoms with E-state index in [-0.39, 0.29) is 23.1 Å². The zero-order chi connectivity index (χ0) is 28.3. The molecule has 1 amide bonds. The van der Waals surface area contributed by atoms with E-state index in [1.54, 1.807) is 36.4 Å². The molecule has 4 nitrogen and oxygen atoms in total. The summed E-state index contributed by atoms with van der Waals surface area (Å²) < 4.78 is 66.3. The van der Waals surface area contributed by atoms with Crippen LogP contribution >= 0.6 is 11.6 Å². The molecular weight excluding hydrogens is 541 g/mol. The fraction of sp³-hybridized carbons (Fsp3) is 0.172. The molecule has 0 saturated carbocycles. The van der Waals surface area contributed by atoms with Gasteiger partial charge in [-0.05, 0) is 53.3 Å². The lowest BCUT2D eigenvalue weighted by Gasteiger charge is -2.25. The van der Waals surface area contributed by atoms with Crippen LogP contribution in [0.5, 0.6) is 0 Å². The molecule has 39 heavy (non-hydrogen) atoms. The lowest BCUT2D eigenvalue weighted by Crippen LogP contribution is -2.41. The number of hydrogen-bond acceptors (Lipinski definition) is 3. The highest BCUT2D eigenvalue weighted by Crippen LogP contribution is 2.29. The van der Waals surface area contributed by atoms with Crippen LogP contribution in [0.15, 0.2) is 84.9 Å². The van der Waals surface area contributed by atoms with Crippen molar-refractivity contribution >= 4 is 34.1 Å². The van der Waals surface area contributed by atoms with Crippen molar-refractivity contribution in [2.45, 2.75) is 30.9 Å². The first kappa shape index (κ1) is 28.2. The van der Waals surface area contributed by atoms with Crippen LogP contribution in [0.2, 0.25) is 5.02 Å². The second-order valence-electron chi connectivity index (χ2n) is 8.87. The normalized spacial score (nSPS) is 13.3. The Bertz CT molecular complexity index is 1510. The summed E-state index contributed by atoms with van der Waals surface area (Å²) in [6.45, 7) is 0. The number of aliphatic hydroxyl groups excluding tert-OH is 1. The lowest BCUT2D eigenvalue weighted by atomic mass is 9.93. The van der Waals surface area contributed by atoms with Crippen LogP contribution in [-0.2, 0) is 6.42 Å². The summed E-state index contributed by atoms with van der Waals surface area (Å²) >= 11 is 6.25. The number of ketones is 1. The first-order chi connectivity index (χ1) is 18.5. The number of benzene rings is 4. The number of carbonyl (C=O) groups is 2. The largest absolute Gasteiger partial charge is 0.386 e. The van der Waals surface area contributed by atoms with E-state index < -0.39 is 47.6 Å². The van der Waals surface area contributed by atoms with Crippen molar-refractivity contribution in [3.05, 3.63) is 118 Å². The molecule has 2 N–H and O–H groups in total. The highest BCUT2D eigenvalue weighted by Gasteiger charge is 2.49. The van der Waals surface area contributed by atoms with E-state index in [0.717, 1.165) is 24.3 Å². The molecule has 0 aliphatic heterocycles. The summed E-state index contributed by atoms with van der Waals surface area (Å²) in [6, 6.07) is 18.4. The maximum Gasteiger partial charge on any atom is 0.368 e. The standard InChI is InChI=1S/C29H21ClF5NO3/c30-23-9-3-6-20-21(23)7-2-8-22(20)27(39)36-24(25(37)17-10-12-19(31)13-11-17)15-16-4-1-5-18(14-16)26(38)29(34,35)28(32)33/h1-14,24-25,28,37H,15H2,(H,36,39). The van der Waals surface area contributed by atoms with Gasteiger partial charge in [-0.15, -0.1) is 0 Å². The molecule has 2 unspecified atom stereocenters. The van der Waals surface area contributed by atoms with Gasteiger partial charge in [-0.1, -0.05) is 66.2 Å². The van der Waals surface area contributed by atoms with Crippen molar-refractivity contribution in [3.63, 3.8) is 0 Å². The van der Waals surface area contributed by atoms with Gasteiger partial charge in [0.1, 0.15) is 5.82 Å². The van der Waals surface area contributed by atoms with Crippen LogP contribution in [0, 0.1) is 5.82 Å². The molecule has 0 bridgehead atoms. The highest BCUT2D eigenvalue weighted by atomic mass is 35.5. The first-order valence-corrected chi connectivity index (χ1v) is 12.1. The summed E-state index contributed by atoms with van der Waals surface area (Å²) in [6.07, 6.45) is -5.76. The fourth-order valence-electron chi connectivity index (χ4n) is 4.23. The summed E-state index contributed by atoms with van der Waals surface area (Å²) in [5.41, 5.74) is 0.0483. The third-order valence-electron chi connectivity index (χ3n) is 6.24. The predicted molar refractivity (Wildman–Crippen MR) is 137 cm³/mol. The number of fused-ring (bicyclic) bond motifs is 1. The van der Waals surface area contributed by atoms with Gasteiger partial charge < -0.3 is 10.4 Å². The number of alkyl halides is 4. The van der Waals surface area contributed by atoms with Gasteiger partial charge in [0.25, 0.3) is 5.91 Å². The van der Waals surface area contributed by atoms with Gasteiger partial charge in [-0.2, -0.15) is 8.78 Å². The van der Waals surface area contributed by atoms with Gasteiger partial charge in [0.2, 0.25) is 5.78 Å². The number of nitrogens with one attached hydrogen (secondary N) is 1. The molecule has 0 saturated heterocycles. The van der Waals surface area contributed by atoms with E-state index in [0.29, 0.717) is 15.8 Å². The number of rotatable bonds is 9. The number of aliphatic hydroxyl groups is 1. The topological polar surface area (TPSA) is 66.4 Å². The number of carbonyl (C=O) groups excluding carboxylic acids is 2. The molecule has 0 aromatic heterocycles. The van der Waals surface area contributed by atoms with E-state index in [1.165, 1.54) is 24.3 Å². The minimum Gasteiger partial charge on any atom is -0.386 e. The van der Waals surface area contributed by atoms with E-state index >= 15 is 0 Å². The predicted octanol–water partition coefficient (Wildman–Crippen LogP) is 6.79. The van der Waals surface area contributed by atoms with Crippen LogP contribution in [-0.4, -0.2) is 35.2 Å². The Labute approximate surface area is 225 Å². The molecule has 4 aromatic carbocycles. The zero-order valence-corrected chi connectivity index (χ0v) is 20.8. The van der Waals surface area contributed by atoms with E-state index in [9.17, 15) is 36.6 Å². The van der Waals surface area contributed by atoms with Gasteiger partial charge in [0.15, 0.2) is 0 Å². The van der Waals surface area contributed by atoms with Gasteiger partial charge in [0, 0.05) is 21.5 Å². The summed E-state index contributed by atoms with van der Waals surface area (Å²) in [7, 11) is 0. The quantitative estimate of drug-likeness (QED) is 0.175. The second-order valence-corrected chi connectivity index (χ2v) is 9.28. The lowest BCUT2D eigenvalue weighted by molar-refractivity contribution is -0.0958. The summed E-state index contributed by atoms with van der Waals surface area (Å²) in [5, 5.41) is 15.4. The van der Waals surface area contributed by atoms with Crippen LogP contribution < -0.4 is 5.32 Å². The fourth-order valence-corrected chi connectivity index (χ4v) is 4.47.